The number of hydrogen-bond acceptors (Lipinski definition) is 5. The number of pyridine rings is 1. The van der Waals surface area contributed by atoms with Crippen LogP contribution >= 0.6 is 0 Å². The lowest BCUT2D eigenvalue weighted by Gasteiger charge is -2.39. The van der Waals surface area contributed by atoms with Gasteiger partial charge in [0.05, 0.1) is 24.2 Å². The van der Waals surface area contributed by atoms with Crippen LogP contribution in [0.5, 0.6) is 5.75 Å². The van der Waals surface area contributed by atoms with E-state index in [2.05, 4.69) is 15.2 Å². The summed E-state index contributed by atoms with van der Waals surface area (Å²) in [5.41, 5.74) is 7.53. The Hall–Kier alpha value is -2.41. The van der Waals surface area contributed by atoms with Crippen LogP contribution in [0.1, 0.15) is 25.7 Å². The van der Waals surface area contributed by atoms with Crippen LogP contribution in [-0.4, -0.2) is 51.7 Å². The van der Waals surface area contributed by atoms with Crippen molar-refractivity contribution in [2.75, 3.05) is 19.7 Å². The van der Waals surface area contributed by atoms with E-state index >= 15 is 0 Å². The summed E-state index contributed by atoms with van der Waals surface area (Å²) in [6.45, 7) is 2.25. The average Bonchev–Trinajstić information content (AvgIpc) is 3.19. The summed E-state index contributed by atoms with van der Waals surface area (Å²) in [4.78, 5) is 18.9. The van der Waals surface area contributed by atoms with Crippen LogP contribution in [0.4, 0.5) is 0 Å². The number of nitrogens with one attached hydrogen (secondary N) is 1. The zero-order chi connectivity index (χ0) is 17.9. The van der Waals surface area contributed by atoms with Gasteiger partial charge in [-0.2, -0.15) is 5.10 Å². The molecule has 0 aromatic carbocycles. The molecule has 3 heterocycles. The molecule has 0 spiro atoms. The molecule has 26 heavy (non-hydrogen) atoms. The van der Waals surface area contributed by atoms with Crippen LogP contribution in [0.25, 0.3) is 11.4 Å². The van der Waals surface area contributed by atoms with Crippen molar-refractivity contribution in [1.82, 2.24) is 20.1 Å². The third-order valence-corrected chi connectivity index (χ3v) is 5.35. The van der Waals surface area contributed by atoms with Crippen LogP contribution in [-0.2, 0) is 4.79 Å². The van der Waals surface area contributed by atoms with E-state index in [4.69, 9.17) is 10.5 Å². The zero-order valence-electron chi connectivity index (χ0n) is 14.8. The van der Waals surface area contributed by atoms with E-state index in [-0.39, 0.29) is 17.9 Å². The molecule has 7 heteroatoms. The molecular formula is C19H25N5O2. The molecule has 2 aromatic rings. The first-order chi connectivity index (χ1) is 12.7. The predicted molar refractivity (Wildman–Crippen MR) is 97.3 cm³/mol. The summed E-state index contributed by atoms with van der Waals surface area (Å²) in [6.07, 6.45) is 7.24. The molecule has 7 nitrogen and oxygen atoms in total. The molecule has 0 unspecified atom stereocenters. The second-order valence-corrected chi connectivity index (χ2v) is 7.38. The van der Waals surface area contributed by atoms with Crippen LogP contribution in [0.15, 0.2) is 30.6 Å². The monoisotopic (exact) mass is 355 g/mol. The van der Waals surface area contributed by atoms with Crippen LogP contribution in [0.2, 0.25) is 0 Å². The minimum Gasteiger partial charge on any atom is -0.492 e. The van der Waals surface area contributed by atoms with Crippen LogP contribution in [0.3, 0.4) is 0 Å². The predicted octanol–water partition coefficient (Wildman–Crippen LogP) is 1.83. The highest BCUT2D eigenvalue weighted by molar-refractivity contribution is 5.80. The van der Waals surface area contributed by atoms with Crippen molar-refractivity contribution in [2.45, 2.75) is 31.7 Å². The highest BCUT2D eigenvalue weighted by atomic mass is 16.5. The van der Waals surface area contributed by atoms with Crippen LogP contribution < -0.4 is 10.5 Å². The van der Waals surface area contributed by atoms with Crippen molar-refractivity contribution in [3.8, 4) is 17.1 Å². The topological polar surface area (TPSA) is 97.1 Å². The number of amides is 1. The molecule has 0 radical (unpaired) electrons. The maximum Gasteiger partial charge on any atom is 0.225 e. The van der Waals surface area contributed by atoms with E-state index in [0.717, 1.165) is 55.9 Å². The fourth-order valence-electron chi connectivity index (χ4n) is 3.76. The highest BCUT2D eigenvalue weighted by Crippen LogP contribution is 2.29. The Balaban J connectivity index is 1.28. The summed E-state index contributed by atoms with van der Waals surface area (Å²) in [6, 6.07) is 5.93. The van der Waals surface area contributed by atoms with Gasteiger partial charge >= 0.3 is 0 Å². The normalized spacial score (nSPS) is 25.6. The number of rotatable bonds is 5. The first-order valence-electron chi connectivity index (χ1n) is 9.32. The molecule has 1 aliphatic heterocycles. The molecule has 138 valence electrons. The van der Waals surface area contributed by atoms with Gasteiger partial charge in [-0.05, 0) is 43.9 Å². The van der Waals surface area contributed by atoms with Gasteiger partial charge in [0.1, 0.15) is 5.75 Å². The van der Waals surface area contributed by atoms with E-state index in [0.29, 0.717) is 12.5 Å². The smallest absolute Gasteiger partial charge is 0.225 e. The Bertz CT molecular complexity index is 725. The SMILES string of the molecule is N[C@H]1C[C@H](C(=O)N2CCC[C@@H](COc3ccc(-c4ccn[nH]4)nc3)C2)C1. The van der Waals surface area contributed by atoms with Crippen LogP contribution in [0, 0.1) is 11.8 Å². The van der Waals surface area contributed by atoms with Gasteiger partial charge in [0.25, 0.3) is 0 Å². The van der Waals surface area contributed by atoms with Crippen molar-refractivity contribution in [1.29, 1.82) is 0 Å². The van der Waals surface area contributed by atoms with Gasteiger partial charge in [-0.1, -0.05) is 0 Å². The quantitative estimate of drug-likeness (QED) is 0.853. The van der Waals surface area contributed by atoms with Crippen molar-refractivity contribution < 1.29 is 9.53 Å². The average molecular weight is 355 g/mol. The van der Waals surface area contributed by atoms with E-state index < -0.39 is 0 Å². The Morgan fingerprint density at radius 1 is 1.35 bits per heavy atom. The Kier molecular flexibility index (Phi) is 4.88. The lowest BCUT2D eigenvalue weighted by Crippen LogP contribution is -2.50. The molecule has 0 bridgehead atoms. The zero-order valence-corrected chi connectivity index (χ0v) is 14.8. The first-order valence-corrected chi connectivity index (χ1v) is 9.32. The molecular weight excluding hydrogens is 330 g/mol. The third-order valence-electron chi connectivity index (χ3n) is 5.35. The highest BCUT2D eigenvalue weighted by Gasteiger charge is 2.36. The molecule has 4 rings (SSSR count). The van der Waals surface area contributed by atoms with E-state index in [1.165, 1.54) is 0 Å². The number of likely N-dealkylation sites (tertiary alicyclic amines) is 1. The van der Waals surface area contributed by atoms with Gasteiger partial charge in [-0.25, -0.2) is 0 Å². The molecule has 1 amide bonds. The largest absolute Gasteiger partial charge is 0.492 e. The van der Waals surface area contributed by atoms with Gasteiger partial charge in [0.2, 0.25) is 5.91 Å². The van der Waals surface area contributed by atoms with E-state index in [1.54, 1.807) is 12.4 Å². The number of nitrogens with zero attached hydrogens (tertiary/aromatic N) is 3. The minimum atomic E-state index is 0.142. The summed E-state index contributed by atoms with van der Waals surface area (Å²) >= 11 is 0. The van der Waals surface area contributed by atoms with Crippen molar-refractivity contribution >= 4 is 5.91 Å². The number of aromatic amines is 1. The molecule has 1 aliphatic carbocycles. The summed E-state index contributed by atoms with van der Waals surface area (Å²) in [5, 5.41) is 6.83. The Morgan fingerprint density at radius 2 is 2.23 bits per heavy atom. The van der Waals surface area contributed by atoms with Crippen molar-refractivity contribution in [3.05, 3.63) is 30.6 Å². The van der Waals surface area contributed by atoms with E-state index in [9.17, 15) is 4.79 Å². The van der Waals surface area contributed by atoms with Gasteiger partial charge in [-0.3, -0.25) is 14.9 Å². The second kappa shape index (κ2) is 7.45. The van der Waals surface area contributed by atoms with Crippen molar-refractivity contribution in [3.63, 3.8) is 0 Å². The fourth-order valence-corrected chi connectivity index (χ4v) is 3.76. The number of carbonyl (C=O) groups excluding carboxylic acids is 1. The second-order valence-electron chi connectivity index (χ2n) is 7.38. The summed E-state index contributed by atoms with van der Waals surface area (Å²) in [7, 11) is 0. The maximum atomic E-state index is 12.5. The number of aromatic nitrogens is 3. The molecule has 2 aromatic heterocycles. The number of nitrogens with two attached hydrogens (primary N) is 1. The molecule has 1 saturated carbocycles. The molecule has 1 saturated heterocycles. The summed E-state index contributed by atoms with van der Waals surface area (Å²) < 4.78 is 5.92. The molecule has 2 fully saturated rings. The van der Waals surface area contributed by atoms with Crippen molar-refractivity contribution in [2.24, 2.45) is 17.6 Å². The molecule has 3 N–H and O–H groups in total. The summed E-state index contributed by atoms with van der Waals surface area (Å²) in [5.74, 6) is 1.54. The number of H-pyrrole nitrogens is 1. The standard InChI is InChI=1S/C19H25N5O2/c20-15-8-14(9-15)19(25)24-7-1-2-13(11-24)12-26-16-3-4-17(21-10-16)18-5-6-22-23-18/h3-6,10,13-15H,1-2,7-9,11-12,20H2,(H,22,23)/t13-,14-,15-/m1/s1. The number of hydrogen-bond donors (Lipinski definition) is 2. The van der Waals surface area contributed by atoms with Gasteiger partial charge in [0, 0.05) is 37.2 Å². The molecule has 2 aliphatic rings. The number of ether oxygens (including phenoxy) is 1. The van der Waals surface area contributed by atoms with Gasteiger partial charge < -0.3 is 15.4 Å². The third kappa shape index (κ3) is 3.72. The van der Waals surface area contributed by atoms with Gasteiger partial charge in [0.15, 0.2) is 0 Å². The minimum absolute atomic E-state index is 0.142. The first kappa shape index (κ1) is 17.0. The van der Waals surface area contributed by atoms with Gasteiger partial charge in [-0.15, -0.1) is 0 Å². The number of piperidine rings is 1. The maximum absolute atomic E-state index is 12.5. The Labute approximate surface area is 152 Å². The lowest BCUT2D eigenvalue weighted by atomic mass is 9.79. The molecule has 1 atom stereocenters. The fraction of sp³-hybridized carbons (Fsp3) is 0.526. The Morgan fingerprint density at radius 3 is 2.92 bits per heavy atom. The lowest BCUT2D eigenvalue weighted by molar-refractivity contribution is -0.140. The van der Waals surface area contributed by atoms with E-state index in [1.807, 2.05) is 23.1 Å². The number of carbonyl (C=O) groups is 1.